The number of aliphatic hydroxyl groups excluding tert-OH is 2. The molecule has 1 aliphatic heterocycles. The number of phenolic OH excluding ortho intramolecular Hbond substituents is 1. The van der Waals surface area contributed by atoms with Crippen molar-refractivity contribution in [3.63, 3.8) is 0 Å². The van der Waals surface area contributed by atoms with Crippen LogP contribution in [0.2, 0.25) is 0 Å². The van der Waals surface area contributed by atoms with Gasteiger partial charge in [-0.05, 0) is 106 Å². The molecule has 8 amide bonds. The molecule has 4 aromatic rings. The number of aromatic nitrogens is 2. The number of unbranched alkanes of at least 4 members (excludes halogenated alkanes) is 1. The second-order valence-corrected chi connectivity index (χ2v) is 21.5. The maximum Gasteiger partial charge on any atom is 0.328 e. The predicted octanol–water partition coefficient (Wildman–Crippen LogP) is -1.17. The van der Waals surface area contributed by atoms with E-state index < -0.39 is 120 Å². The molecule has 25 nitrogen and oxygen atoms in total. The SMILES string of the molecule is CSCC[C@H](NC(=O)[C@@H](NC(=O)[C@H](Cc1ccc(O)cc1)NC(=O)[C@H](CCCCN)NC(=O)[C@H](Cc1cnc[nH]1)NC(=O)[C@H](Cc1ccccc1)NC(=O)[C@@H]1CCCN1C(=O)[C@@H](N)Cc1ccccc1)[C@@H](C)O)C(=O)N[C@H](C(=O)O)[C@@H](C)O. The van der Waals surface area contributed by atoms with Crippen molar-refractivity contribution in [1.82, 2.24) is 52.1 Å². The monoisotopic (exact) mass is 1170 g/mol. The fourth-order valence-corrected chi connectivity index (χ4v) is 9.82. The minimum atomic E-state index is -1.76. The van der Waals surface area contributed by atoms with E-state index in [1.54, 1.807) is 36.6 Å². The number of hydrogen-bond donors (Lipinski definition) is 14. The largest absolute Gasteiger partial charge is 0.508 e. The summed E-state index contributed by atoms with van der Waals surface area (Å²) in [6.07, 6.45) is 2.68. The Kier molecular flexibility index (Phi) is 26.4. The van der Waals surface area contributed by atoms with Crippen molar-refractivity contribution in [2.24, 2.45) is 11.5 Å². The van der Waals surface area contributed by atoms with Crippen molar-refractivity contribution in [3.05, 3.63) is 120 Å². The molecule has 450 valence electrons. The predicted molar refractivity (Wildman–Crippen MR) is 308 cm³/mol. The van der Waals surface area contributed by atoms with E-state index in [9.17, 15) is 63.6 Å². The number of aromatic amines is 1. The second kappa shape index (κ2) is 33.3. The number of aliphatic carboxylic acids is 1. The second-order valence-electron chi connectivity index (χ2n) is 20.5. The molecule has 0 radical (unpaired) electrons. The molecule has 0 unspecified atom stereocenters. The van der Waals surface area contributed by atoms with Crippen molar-refractivity contribution in [3.8, 4) is 5.75 Å². The van der Waals surface area contributed by atoms with Gasteiger partial charge in [0.25, 0.3) is 0 Å². The summed E-state index contributed by atoms with van der Waals surface area (Å²) in [7, 11) is 0. The quantitative estimate of drug-likeness (QED) is 0.0250. The number of H-pyrrole nitrogens is 1. The first-order valence-corrected chi connectivity index (χ1v) is 28.9. The number of rotatable bonds is 33. The fourth-order valence-electron chi connectivity index (χ4n) is 9.35. The molecule has 16 N–H and O–H groups in total. The van der Waals surface area contributed by atoms with Crippen LogP contribution in [-0.4, -0.2) is 180 Å². The molecule has 1 aromatic heterocycles. The van der Waals surface area contributed by atoms with E-state index in [0.29, 0.717) is 48.3 Å². The van der Waals surface area contributed by atoms with E-state index in [2.05, 4.69) is 47.2 Å². The number of hydrogen-bond acceptors (Lipinski definition) is 16. The van der Waals surface area contributed by atoms with Gasteiger partial charge in [-0.3, -0.25) is 38.4 Å². The van der Waals surface area contributed by atoms with Crippen LogP contribution < -0.4 is 48.7 Å². The zero-order valence-corrected chi connectivity index (χ0v) is 47.5. The van der Waals surface area contributed by atoms with Gasteiger partial charge in [-0.2, -0.15) is 11.8 Å². The van der Waals surface area contributed by atoms with Crippen LogP contribution in [0.4, 0.5) is 0 Å². The molecule has 3 aromatic carbocycles. The van der Waals surface area contributed by atoms with Crippen LogP contribution in [0.1, 0.15) is 74.8 Å². The zero-order chi connectivity index (χ0) is 60.6. The summed E-state index contributed by atoms with van der Waals surface area (Å²) in [4.78, 5) is 134. The van der Waals surface area contributed by atoms with Gasteiger partial charge in [0.15, 0.2) is 6.04 Å². The molecule has 0 bridgehead atoms. The van der Waals surface area contributed by atoms with E-state index in [0.717, 1.165) is 12.5 Å². The fraction of sp³-hybridized carbons (Fsp3) is 0.474. The van der Waals surface area contributed by atoms with E-state index >= 15 is 0 Å². The number of aromatic hydroxyl groups is 1. The minimum Gasteiger partial charge on any atom is -0.508 e. The maximum absolute atomic E-state index is 14.7. The van der Waals surface area contributed by atoms with Gasteiger partial charge in [0.05, 0.1) is 24.6 Å². The Bertz CT molecular complexity index is 2760. The summed E-state index contributed by atoms with van der Waals surface area (Å²) in [5.41, 5.74) is 14.6. The Labute approximate surface area is 485 Å². The van der Waals surface area contributed by atoms with Crippen LogP contribution in [-0.2, 0) is 68.8 Å². The third-order valence-electron chi connectivity index (χ3n) is 13.9. The highest BCUT2D eigenvalue weighted by molar-refractivity contribution is 7.98. The Hall–Kier alpha value is -7.91. The molecule has 26 heteroatoms. The van der Waals surface area contributed by atoms with Crippen LogP contribution in [0.15, 0.2) is 97.5 Å². The highest BCUT2D eigenvalue weighted by Gasteiger charge is 2.40. The van der Waals surface area contributed by atoms with Gasteiger partial charge in [0, 0.05) is 37.7 Å². The number of nitrogens with one attached hydrogen (secondary N) is 8. The number of amides is 8. The molecule has 0 spiro atoms. The number of carbonyl (C=O) groups excluding carboxylic acids is 8. The first kappa shape index (κ1) is 65.9. The average molecular weight is 1170 g/mol. The van der Waals surface area contributed by atoms with E-state index in [-0.39, 0.29) is 57.4 Å². The van der Waals surface area contributed by atoms with E-state index in [1.165, 1.54) is 60.4 Å². The topological polar surface area (TPSA) is 403 Å². The number of phenols is 1. The normalized spacial score (nSPS) is 16.7. The third-order valence-corrected chi connectivity index (χ3v) is 14.6. The lowest BCUT2D eigenvalue weighted by atomic mass is 10.0. The summed E-state index contributed by atoms with van der Waals surface area (Å²) in [5.74, 6) is -7.85. The smallest absolute Gasteiger partial charge is 0.328 e. The lowest BCUT2D eigenvalue weighted by Gasteiger charge is -2.29. The average Bonchev–Trinajstić information content (AvgIpc) is 4.18. The summed E-state index contributed by atoms with van der Waals surface area (Å²) in [6, 6.07) is 11.3. The number of carbonyl (C=O) groups is 9. The van der Waals surface area contributed by atoms with Gasteiger partial charge in [0.2, 0.25) is 47.3 Å². The molecule has 1 aliphatic rings. The number of thioether (sulfide) groups is 1. The van der Waals surface area contributed by atoms with Gasteiger partial charge in [0.1, 0.15) is 48.0 Å². The highest BCUT2D eigenvalue weighted by atomic mass is 32.2. The number of imidazole rings is 1. The van der Waals surface area contributed by atoms with Crippen LogP contribution in [0.5, 0.6) is 5.75 Å². The first-order valence-electron chi connectivity index (χ1n) is 27.5. The maximum atomic E-state index is 14.7. The molecule has 5 rings (SSSR count). The molecular formula is C57H78N12O13S. The van der Waals surface area contributed by atoms with Gasteiger partial charge in [-0.15, -0.1) is 0 Å². The molecular weight excluding hydrogens is 1090 g/mol. The molecule has 11 atom stereocenters. The molecule has 1 fully saturated rings. The Morgan fingerprint density at radius 2 is 1.13 bits per heavy atom. The molecule has 0 aliphatic carbocycles. The number of carboxylic acid groups (broad SMARTS) is 1. The molecule has 0 saturated carbocycles. The van der Waals surface area contributed by atoms with Gasteiger partial charge in [-0.1, -0.05) is 72.8 Å². The number of aliphatic hydroxyl groups is 2. The standard InChI is InChI=1S/C57H78N12O13S/c1-33(70)47(55(79)63-42(23-26-83-3)50(74)68-48(34(2)71)57(81)82)67-53(77)44(29-37-19-21-39(72)22-20-37)64-49(73)41(17-10-11-24-58)62-52(76)45(30-38-31-60-32-61-38)65-51(75)43(28-36-15-8-5-9-16-36)66-54(78)46-18-12-25-69(46)56(80)40(59)27-35-13-6-4-7-14-35/h4-9,13-16,19-22,31-34,40-48,70-72H,10-12,17-18,23-30,58-59H2,1-3H3,(H,60,61)(H,62,76)(H,63,79)(H,64,73)(H,65,75)(H,66,78)(H,67,77)(H,68,74)(H,81,82)/t33-,34-,40+,41+,42+,43+,44+,45+,46+,47+,48+/m1/s1. The van der Waals surface area contributed by atoms with Crippen molar-refractivity contribution in [2.75, 3.05) is 25.1 Å². The lowest BCUT2D eigenvalue weighted by molar-refractivity contribution is -0.145. The summed E-state index contributed by atoms with van der Waals surface area (Å²) >= 11 is 1.31. The highest BCUT2D eigenvalue weighted by Crippen LogP contribution is 2.21. The number of benzene rings is 3. The molecule has 2 heterocycles. The van der Waals surface area contributed by atoms with Crippen LogP contribution in [0.3, 0.4) is 0 Å². The van der Waals surface area contributed by atoms with Crippen molar-refractivity contribution in [2.45, 2.75) is 145 Å². The van der Waals surface area contributed by atoms with Gasteiger partial charge in [-0.25, -0.2) is 9.78 Å². The number of nitrogens with zero attached hydrogens (tertiary/aromatic N) is 2. The summed E-state index contributed by atoms with van der Waals surface area (Å²) in [5, 5.41) is 58.7. The number of likely N-dealkylation sites (tertiary alicyclic amines) is 1. The zero-order valence-electron chi connectivity index (χ0n) is 46.7. The minimum absolute atomic E-state index is 0.0198. The summed E-state index contributed by atoms with van der Waals surface area (Å²) in [6.45, 7) is 2.85. The number of carboxylic acids is 1. The Morgan fingerprint density at radius 1 is 0.639 bits per heavy atom. The van der Waals surface area contributed by atoms with E-state index in [1.807, 2.05) is 30.3 Å². The molecule has 1 saturated heterocycles. The first-order chi connectivity index (χ1) is 39.7. The van der Waals surface area contributed by atoms with Crippen molar-refractivity contribution in [1.29, 1.82) is 0 Å². The van der Waals surface area contributed by atoms with Gasteiger partial charge < -0.3 is 79.0 Å². The Balaban J connectivity index is 1.39. The number of nitrogens with two attached hydrogens (primary N) is 2. The van der Waals surface area contributed by atoms with E-state index in [4.69, 9.17) is 11.5 Å². The third kappa shape index (κ3) is 20.8. The van der Waals surface area contributed by atoms with Crippen LogP contribution in [0, 0.1) is 0 Å². The Morgan fingerprint density at radius 3 is 1.69 bits per heavy atom. The van der Waals surface area contributed by atoms with Crippen LogP contribution >= 0.6 is 11.8 Å². The van der Waals surface area contributed by atoms with Crippen molar-refractivity contribution < 1.29 is 63.6 Å². The van der Waals surface area contributed by atoms with Crippen molar-refractivity contribution >= 4 is 65.0 Å². The molecule has 83 heavy (non-hydrogen) atoms. The van der Waals surface area contributed by atoms with Gasteiger partial charge >= 0.3 is 5.97 Å². The lowest BCUT2D eigenvalue weighted by Crippen LogP contribution is -2.62. The van der Waals surface area contributed by atoms with Crippen LogP contribution in [0.25, 0.3) is 0 Å². The summed E-state index contributed by atoms with van der Waals surface area (Å²) < 4.78 is 0.